The molecule has 34 heavy (non-hydrogen) atoms. The molecule has 0 radical (unpaired) electrons. The number of hydrogen-bond acceptors (Lipinski definition) is 6. The molecule has 1 aromatic carbocycles. The first-order valence-electron chi connectivity index (χ1n) is 12.0. The van der Waals surface area contributed by atoms with Crippen LogP contribution < -0.4 is 15.0 Å². The average Bonchev–Trinajstić information content (AvgIpc) is 2.72. The molecular formula is C24H33ClN4O5. The molecular weight excluding hydrogens is 460 g/mol. The molecule has 186 valence electrons. The number of halogens is 1. The standard InChI is InChI=1S/C24H33ClN4O5/c1-24(2,3)34-16-11-28(12-16)18-5-4-6-20(22(18)25)33-15-9-29(10-15)23(31)27-8-7-19-17(13-27)26-21(30)14-32-19/h4-6,15-17,19H,7-14H2,1-3H3,(H,26,30)/t17-,19?/m1/s1. The number of ether oxygens (including phenoxy) is 3. The Hall–Kier alpha value is -2.23. The molecule has 4 aliphatic heterocycles. The van der Waals surface area contributed by atoms with Crippen molar-refractivity contribution in [1.82, 2.24) is 15.1 Å². The van der Waals surface area contributed by atoms with Gasteiger partial charge in [-0.2, -0.15) is 0 Å². The molecule has 0 aromatic heterocycles. The van der Waals surface area contributed by atoms with Crippen molar-refractivity contribution >= 4 is 29.2 Å². The molecule has 0 saturated carbocycles. The number of carbonyl (C=O) groups is 2. The highest BCUT2D eigenvalue weighted by Gasteiger charge is 2.41. The van der Waals surface area contributed by atoms with E-state index in [1.54, 1.807) is 9.80 Å². The Bertz CT molecular complexity index is 942. The van der Waals surface area contributed by atoms with E-state index in [2.05, 4.69) is 31.0 Å². The van der Waals surface area contributed by atoms with Gasteiger partial charge in [0.05, 0.1) is 42.6 Å². The number of nitrogens with one attached hydrogen (secondary N) is 1. The molecule has 1 aromatic rings. The number of fused-ring (bicyclic) bond motifs is 1. The number of piperidine rings is 1. The fourth-order valence-electron chi connectivity index (χ4n) is 4.97. The molecule has 1 N–H and O–H groups in total. The molecule has 10 heteroatoms. The quantitative estimate of drug-likeness (QED) is 0.693. The van der Waals surface area contributed by atoms with Gasteiger partial charge < -0.3 is 34.2 Å². The second-order valence-electron chi connectivity index (χ2n) is 10.5. The second-order valence-corrected chi connectivity index (χ2v) is 10.9. The highest BCUT2D eigenvalue weighted by atomic mass is 35.5. The van der Waals surface area contributed by atoms with Crippen LogP contribution in [0.1, 0.15) is 27.2 Å². The van der Waals surface area contributed by atoms with E-state index >= 15 is 0 Å². The van der Waals surface area contributed by atoms with E-state index < -0.39 is 0 Å². The van der Waals surface area contributed by atoms with Gasteiger partial charge >= 0.3 is 6.03 Å². The van der Waals surface area contributed by atoms with Crippen molar-refractivity contribution < 1.29 is 23.8 Å². The van der Waals surface area contributed by atoms with E-state index in [1.807, 2.05) is 18.2 Å². The molecule has 4 fully saturated rings. The van der Waals surface area contributed by atoms with Crippen LogP contribution in [-0.2, 0) is 14.3 Å². The molecule has 1 unspecified atom stereocenters. The highest BCUT2D eigenvalue weighted by molar-refractivity contribution is 6.34. The lowest BCUT2D eigenvalue weighted by Gasteiger charge is -2.46. The largest absolute Gasteiger partial charge is 0.485 e. The molecule has 0 spiro atoms. The van der Waals surface area contributed by atoms with Crippen LogP contribution in [0, 0.1) is 0 Å². The van der Waals surface area contributed by atoms with Crippen molar-refractivity contribution in [2.75, 3.05) is 50.8 Å². The number of carbonyl (C=O) groups excluding carboxylic acids is 2. The molecule has 9 nitrogen and oxygen atoms in total. The number of hydrogen-bond donors (Lipinski definition) is 1. The minimum Gasteiger partial charge on any atom is -0.485 e. The Morgan fingerprint density at radius 1 is 1.12 bits per heavy atom. The first-order valence-corrected chi connectivity index (χ1v) is 12.4. The van der Waals surface area contributed by atoms with Crippen molar-refractivity contribution in [3.63, 3.8) is 0 Å². The first-order chi connectivity index (χ1) is 16.2. The lowest BCUT2D eigenvalue weighted by atomic mass is 10.0. The van der Waals surface area contributed by atoms with E-state index in [-0.39, 0.29) is 48.5 Å². The Labute approximate surface area is 205 Å². The van der Waals surface area contributed by atoms with Crippen molar-refractivity contribution in [1.29, 1.82) is 0 Å². The Morgan fingerprint density at radius 2 is 1.88 bits per heavy atom. The number of morpholine rings is 1. The van der Waals surface area contributed by atoms with E-state index in [1.165, 1.54) is 0 Å². The second kappa shape index (κ2) is 9.09. The number of anilines is 1. The summed E-state index contributed by atoms with van der Waals surface area (Å²) in [5.41, 5.74) is 0.785. The normalized spacial score (nSPS) is 25.9. The van der Waals surface area contributed by atoms with Crippen LogP contribution >= 0.6 is 11.6 Å². The summed E-state index contributed by atoms with van der Waals surface area (Å²) in [4.78, 5) is 30.3. The fraction of sp³-hybridized carbons (Fsp3) is 0.667. The van der Waals surface area contributed by atoms with E-state index in [9.17, 15) is 9.59 Å². The van der Waals surface area contributed by atoms with Gasteiger partial charge in [0.1, 0.15) is 23.5 Å². The highest BCUT2D eigenvalue weighted by Crippen LogP contribution is 2.38. The third-order valence-corrected chi connectivity index (χ3v) is 7.04. The fourth-order valence-corrected chi connectivity index (χ4v) is 5.26. The predicted octanol–water partition coefficient (Wildman–Crippen LogP) is 2.12. The van der Waals surface area contributed by atoms with Gasteiger partial charge in [0, 0.05) is 26.2 Å². The number of benzene rings is 1. The van der Waals surface area contributed by atoms with Crippen molar-refractivity contribution in [2.24, 2.45) is 0 Å². The summed E-state index contributed by atoms with van der Waals surface area (Å²) in [5.74, 6) is 0.516. The maximum Gasteiger partial charge on any atom is 0.320 e. The molecule has 2 atom stereocenters. The van der Waals surface area contributed by atoms with Crippen LogP contribution in [0.15, 0.2) is 18.2 Å². The van der Waals surface area contributed by atoms with Crippen LogP contribution in [0.25, 0.3) is 0 Å². The Balaban J connectivity index is 1.11. The van der Waals surface area contributed by atoms with Gasteiger partial charge in [-0.25, -0.2) is 4.79 Å². The smallest absolute Gasteiger partial charge is 0.320 e. The molecule has 4 heterocycles. The lowest BCUT2D eigenvalue weighted by molar-refractivity contribution is -0.139. The van der Waals surface area contributed by atoms with Gasteiger partial charge in [-0.1, -0.05) is 17.7 Å². The van der Waals surface area contributed by atoms with Crippen LogP contribution in [0.4, 0.5) is 10.5 Å². The van der Waals surface area contributed by atoms with Gasteiger partial charge in [0.2, 0.25) is 5.91 Å². The van der Waals surface area contributed by atoms with Crippen LogP contribution in [0.3, 0.4) is 0 Å². The zero-order chi connectivity index (χ0) is 24.0. The zero-order valence-corrected chi connectivity index (χ0v) is 20.7. The number of urea groups is 1. The topological polar surface area (TPSA) is 83.6 Å². The Morgan fingerprint density at radius 3 is 2.62 bits per heavy atom. The maximum absolute atomic E-state index is 12.9. The molecule has 4 saturated heterocycles. The van der Waals surface area contributed by atoms with Gasteiger partial charge in [-0.05, 0) is 39.3 Å². The summed E-state index contributed by atoms with van der Waals surface area (Å²) in [6, 6.07) is 5.65. The summed E-state index contributed by atoms with van der Waals surface area (Å²) < 4.78 is 17.7. The van der Waals surface area contributed by atoms with E-state index in [0.29, 0.717) is 37.0 Å². The summed E-state index contributed by atoms with van der Waals surface area (Å²) in [5, 5.41) is 3.53. The van der Waals surface area contributed by atoms with Gasteiger partial charge in [0.25, 0.3) is 0 Å². The average molecular weight is 493 g/mol. The van der Waals surface area contributed by atoms with Crippen LogP contribution in [-0.4, -0.2) is 97.6 Å². The number of amides is 3. The summed E-state index contributed by atoms with van der Waals surface area (Å²) >= 11 is 6.68. The third-order valence-electron chi connectivity index (χ3n) is 6.66. The number of nitrogens with zero attached hydrogens (tertiary/aromatic N) is 3. The van der Waals surface area contributed by atoms with E-state index in [0.717, 1.165) is 25.2 Å². The zero-order valence-electron chi connectivity index (χ0n) is 20.0. The Kier molecular flexibility index (Phi) is 6.29. The monoisotopic (exact) mass is 492 g/mol. The van der Waals surface area contributed by atoms with Gasteiger partial charge in [0.15, 0.2) is 0 Å². The summed E-state index contributed by atoms with van der Waals surface area (Å²) in [6.07, 6.45) is 0.821. The van der Waals surface area contributed by atoms with Crippen molar-refractivity contribution in [2.45, 2.75) is 57.1 Å². The SMILES string of the molecule is CC(C)(C)OC1CN(c2cccc(OC3CN(C(=O)N4CCC5OCC(=O)N[C@@H]5C4)C3)c2Cl)C1. The molecule has 5 rings (SSSR count). The third kappa shape index (κ3) is 4.92. The predicted molar refractivity (Wildman–Crippen MR) is 128 cm³/mol. The van der Waals surface area contributed by atoms with E-state index in [4.69, 9.17) is 25.8 Å². The summed E-state index contributed by atoms with van der Waals surface area (Å²) in [7, 11) is 0. The van der Waals surface area contributed by atoms with Gasteiger partial charge in [-0.3, -0.25) is 4.79 Å². The molecule has 0 bridgehead atoms. The van der Waals surface area contributed by atoms with Crippen LogP contribution in [0.2, 0.25) is 5.02 Å². The molecule has 0 aliphatic carbocycles. The summed E-state index contributed by atoms with van der Waals surface area (Å²) in [6.45, 7) is 10.0. The van der Waals surface area contributed by atoms with Crippen LogP contribution in [0.5, 0.6) is 5.75 Å². The number of rotatable bonds is 4. The molecule has 4 aliphatic rings. The molecule has 3 amide bonds. The number of likely N-dealkylation sites (tertiary alicyclic amines) is 2. The first kappa shape index (κ1) is 23.5. The van der Waals surface area contributed by atoms with Crippen molar-refractivity contribution in [3.8, 4) is 5.75 Å². The van der Waals surface area contributed by atoms with Gasteiger partial charge in [-0.15, -0.1) is 0 Å². The minimum absolute atomic E-state index is 0.00893. The lowest BCUT2D eigenvalue weighted by Crippen LogP contribution is -2.65. The minimum atomic E-state index is -0.160. The van der Waals surface area contributed by atoms with Crippen molar-refractivity contribution in [3.05, 3.63) is 23.2 Å². The maximum atomic E-state index is 12.9.